The van der Waals surface area contributed by atoms with Gasteiger partial charge in [-0.05, 0) is 12.8 Å². The average Bonchev–Trinajstić information content (AvgIpc) is 1.82. The van der Waals surface area contributed by atoms with E-state index in [0.717, 1.165) is 6.42 Å². The standard InChI is InChI=1S/C6H8Br3F/c7-3-1-4(8)6(9)5(10)2-3/h3-6H,1-2H2. The molecule has 0 amide bonds. The highest BCUT2D eigenvalue weighted by atomic mass is 79.9. The van der Waals surface area contributed by atoms with Crippen LogP contribution in [0.4, 0.5) is 4.39 Å². The van der Waals surface area contributed by atoms with Crippen molar-refractivity contribution >= 4 is 47.8 Å². The zero-order chi connectivity index (χ0) is 7.72. The van der Waals surface area contributed by atoms with Gasteiger partial charge in [0, 0.05) is 9.65 Å². The highest BCUT2D eigenvalue weighted by Crippen LogP contribution is 2.35. The van der Waals surface area contributed by atoms with Crippen molar-refractivity contribution < 1.29 is 4.39 Å². The number of hydrogen-bond donors (Lipinski definition) is 0. The fourth-order valence-electron chi connectivity index (χ4n) is 1.07. The molecule has 0 radical (unpaired) electrons. The second kappa shape index (κ2) is 3.85. The summed E-state index contributed by atoms with van der Waals surface area (Å²) in [6, 6.07) is 0. The summed E-state index contributed by atoms with van der Waals surface area (Å²) in [6.07, 6.45) is 0.899. The minimum atomic E-state index is -0.720. The van der Waals surface area contributed by atoms with Gasteiger partial charge in [0.05, 0.1) is 4.83 Å². The van der Waals surface area contributed by atoms with E-state index in [0.29, 0.717) is 11.2 Å². The van der Waals surface area contributed by atoms with E-state index < -0.39 is 6.17 Å². The fourth-order valence-corrected chi connectivity index (χ4v) is 3.55. The third-order valence-corrected chi connectivity index (χ3v) is 5.27. The first-order chi connectivity index (χ1) is 4.61. The molecule has 0 spiro atoms. The van der Waals surface area contributed by atoms with Crippen LogP contribution in [-0.2, 0) is 0 Å². The monoisotopic (exact) mass is 336 g/mol. The van der Waals surface area contributed by atoms with Crippen LogP contribution in [0.3, 0.4) is 0 Å². The van der Waals surface area contributed by atoms with Crippen LogP contribution < -0.4 is 0 Å². The summed E-state index contributed by atoms with van der Waals surface area (Å²) in [6.45, 7) is 0. The molecule has 10 heavy (non-hydrogen) atoms. The molecule has 4 atom stereocenters. The van der Waals surface area contributed by atoms with Crippen LogP contribution in [0.5, 0.6) is 0 Å². The molecule has 0 bridgehead atoms. The lowest BCUT2D eigenvalue weighted by atomic mass is 9.99. The quantitative estimate of drug-likeness (QED) is 0.594. The van der Waals surface area contributed by atoms with Gasteiger partial charge in [0.2, 0.25) is 0 Å². The molecular weight excluding hydrogens is 331 g/mol. The Hall–Kier alpha value is 1.37. The Morgan fingerprint density at radius 2 is 1.70 bits per heavy atom. The van der Waals surface area contributed by atoms with E-state index in [4.69, 9.17) is 0 Å². The van der Waals surface area contributed by atoms with E-state index in [2.05, 4.69) is 47.8 Å². The predicted molar refractivity (Wildman–Crippen MR) is 52.3 cm³/mol. The topological polar surface area (TPSA) is 0 Å². The Labute approximate surface area is 85.3 Å². The largest absolute Gasteiger partial charge is 0.246 e. The summed E-state index contributed by atoms with van der Waals surface area (Å²) in [5.41, 5.74) is 0. The van der Waals surface area contributed by atoms with Gasteiger partial charge in [-0.3, -0.25) is 0 Å². The van der Waals surface area contributed by atoms with Crippen molar-refractivity contribution in [2.75, 3.05) is 0 Å². The number of hydrogen-bond acceptors (Lipinski definition) is 0. The van der Waals surface area contributed by atoms with E-state index in [1.165, 1.54) is 0 Å². The Morgan fingerprint density at radius 3 is 2.20 bits per heavy atom. The third-order valence-electron chi connectivity index (χ3n) is 1.65. The fraction of sp³-hybridized carbons (Fsp3) is 1.00. The molecule has 1 saturated carbocycles. The molecule has 1 rings (SSSR count). The molecule has 0 nitrogen and oxygen atoms in total. The van der Waals surface area contributed by atoms with Crippen molar-refractivity contribution in [1.82, 2.24) is 0 Å². The lowest BCUT2D eigenvalue weighted by molar-refractivity contribution is 0.275. The molecule has 0 aromatic heterocycles. The smallest absolute Gasteiger partial charge is 0.115 e. The number of halogens is 4. The zero-order valence-electron chi connectivity index (χ0n) is 5.24. The summed E-state index contributed by atoms with van der Waals surface area (Å²) in [5, 5.41) is 0. The first-order valence-corrected chi connectivity index (χ1v) is 5.92. The summed E-state index contributed by atoms with van der Waals surface area (Å²) in [5.74, 6) is 0. The summed E-state index contributed by atoms with van der Waals surface area (Å²) < 4.78 is 13.0. The normalized spacial score (nSPS) is 49.2. The van der Waals surface area contributed by atoms with Gasteiger partial charge in [0.25, 0.3) is 0 Å². The Bertz CT molecular complexity index is 108. The van der Waals surface area contributed by atoms with Crippen LogP contribution >= 0.6 is 47.8 Å². The van der Waals surface area contributed by atoms with Gasteiger partial charge in [-0.15, -0.1) is 0 Å². The zero-order valence-corrected chi connectivity index (χ0v) is 9.99. The first-order valence-electron chi connectivity index (χ1n) is 3.17. The molecule has 1 aliphatic rings. The maximum Gasteiger partial charge on any atom is 0.115 e. The lowest BCUT2D eigenvalue weighted by Crippen LogP contribution is -2.35. The van der Waals surface area contributed by atoms with Crippen LogP contribution in [0, 0.1) is 0 Å². The maximum atomic E-state index is 13.0. The molecule has 0 aliphatic heterocycles. The maximum absolute atomic E-state index is 13.0. The SMILES string of the molecule is FC1CC(Br)CC(Br)C1Br. The van der Waals surface area contributed by atoms with Crippen molar-refractivity contribution in [1.29, 1.82) is 0 Å². The van der Waals surface area contributed by atoms with E-state index >= 15 is 0 Å². The Kier molecular flexibility index (Phi) is 3.65. The van der Waals surface area contributed by atoms with E-state index in [1.807, 2.05) is 0 Å². The van der Waals surface area contributed by atoms with Gasteiger partial charge in [-0.1, -0.05) is 47.8 Å². The second-order valence-corrected chi connectivity index (χ2v) is 6.07. The van der Waals surface area contributed by atoms with Crippen molar-refractivity contribution in [3.8, 4) is 0 Å². The van der Waals surface area contributed by atoms with Gasteiger partial charge in [0.1, 0.15) is 6.17 Å². The van der Waals surface area contributed by atoms with Crippen molar-refractivity contribution in [3.63, 3.8) is 0 Å². The minimum Gasteiger partial charge on any atom is -0.246 e. The van der Waals surface area contributed by atoms with Crippen molar-refractivity contribution in [2.24, 2.45) is 0 Å². The molecule has 4 unspecified atom stereocenters. The van der Waals surface area contributed by atoms with Gasteiger partial charge in [-0.25, -0.2) is 4.39 Å². The molecule has 4 heteroatoms. The molecule has 1 fully saturated rings. The molecule has 0 heterocycles. The highest BCUT2D eigenvalue weighted by Gasteiger charge is 2.33. The van der Waals surface area contributed by atoms with Crippen molar-refractivity contribution in [3.05, 3.63) is 0 Å². The average molecular weight is 339 g/mol. The van der Waals surface area contributed by atoms with E-state index in [1.54, 1.807) is 0 Å². The number of rotatable bonds is 0. The summed E-state index contributed by atoms with van der Waals surface area (Å²) in [4.78, 5) is 0.586. The molecule has 1 aliphatic carbocycles. The van der Waals surface area contributed by atoms with Crippen LogP contribution in [-0.4, -0.2) is 20.7 Å². The van der Waals surface area contributed by atoms with Crippen LogP contribution in [0.25, 0.3) is 0 Å². The van der Waals surface area contributed by atoms with Gasteiger partial charge < -0.3 is 0 Å². The summed E-state index contributed by atoms with van der Waals surface area (Å²) >= 11 is 10.1. The Balaban J connectivity index is 2.49. The second-order valence-electron chi connectivity index (χ2n) is 2.55. The molecule has 0 N–H and O–H groups in total. The molecular formula is C6H8Br3F. The molecule has 60 valence electrons. The molecule has 0 aromatic carbocycles. The van der Waals surface area contributed by atoms with Crippen molar-refractivity contribution in [2.45, 2.75) is 33.5 Å². The summed E-state index contributed by atoms with van der Waals surface area (Å²) in [7, 11) is 0. The van der Waals surface area contributed by atoms with Gasteiger partial charge in [0.15, 0.2) is 0 Å². The lowest BCUT2D eigenvalue weighted by Gasteiger charge is -2.29. The minimum absolute atomic E-state index is 0.0127. The van der Waals surface area contributed by atoms with E-state index in [-0.39, 0.29) is 9.65 Å². The van der Waals surface area contributed by atoms with Gasteiger partial charge >= 0.3 is 0 Å². The number of alkyl halides is 4. The van der Waals surface area contributed by atoms with E-state index in [9.17, 15) is 4.39 Å². The third kappa shape index (κ3) is 2.18. The highest BCUT2D eigenvalue weighted by molar-refractivity contribution is 9.12. The van der Waals surface area contributed by atoms with Crippen LogP contribution in [0.15, 0.2) is 0 Å². The molecule has 0 aromatic rings. The van der Waals surface area contributed by atoms with Crippen LogP contribution in [0.1, 0.15) is 12.8 Å². The first kappa shape index (κ1) is 9.46. The predicted octanol–water partition coefficient (Wildman–Crippen LogP) is 3.41. The molecule has 0 saturated heterocycles. The Morgan fingerprint density at radius 1 is 1.10 bits per heavy atom. The van der Waals surface area contributed by atoms with Crippen LogP contribution in [0.2, 0.25) is 0 Å². The van der Waals surface area contributed by atoms with Gasteiger partial charge in [-0.2, -0.15) is 0 Å².